The van der Waals surface area contributed by atoms with Gasteiger partial charge in [0, 0.05) is 23.5 Å². The van der Waals surface area contributed by atoms with Gasteiger partial charge >= 0.3 is 0 Å². The van der Waals surface area contributed by atoms with Crippen LogP contribution in [0.5, 0.6) is 0 Å². The number of nitrogens with one attached hydrogen (secondary N) is 1. The van der Waals surface area contributed by atoms with Crippen LogP contribution in [0.15, 0.2) is 30.3 Å². The Morgan fingerprint density at radius 2 is 1.56 bits per heavy atom. The van der Waals surface area contributed by atoms with Gasteiger partial charge in [-0.05, 0) is 30.7 Å². The zero-order chi connectivity index (χ0) is 13.3. The van der Waals surface area contributed by atoms with Crippen LogP contribution in [0.25, 0.3) is 0 Å². The van der Waals surface area contributed by atoms with Gasteiger partial charge in [-0.15, -0.1) is 0 Å². The summed E-state index contributed by atoms with van der Waals surface area (Å²) < 4.78 is 39.2. The highest BCUT2D eigenvalue weighted by Gasteiger charge is 2.10. The van der Waals surface area contributed by atoms with E-state index in [9.17, 15) is 13.2 Å². The summed E-state index contributed by atoms with van der Waals surface area (Å²) in [5, 5.41) is 2.66. The number of hydrogen-bond acceptors (Lipinski definition) is 2. The minimum Gasteiger partial charge on any atom is -0.399 e. The second-order valence-corrected chi connectivity index (χ2v) is 4.00. The predicted molar refractivity (Wildman–Crippen MR) is 65.2 cm³/mol. The molecule has 0 aliphatic heterocycles. The van der Waals surface area contributed by atoms with Gasteiger partial charge in [-0.3, -0.25) is 0 Å². The third-order valence-electron chi connectivity index (χ3n) is 2.39. The minimum atomic E-state index is -1.22. The standard InChI is InChI=1S/C13H11F3N2/c1-7-2-8(17)4-9(3-7)18-13-6-11(15)10(14)5-12(13)16/h2-6,18H,17H2,1H3. The van der Waals surface area contributed by atoms with Crippen LogP contribution in [0.1, 0.15) is 5.56 Å². The highest BCUT2D eigenvalue weighted by atomic mass is 19.2. The normalized spacial score (nSPS) is 10.4. The molecule has 0 bridgehead atoms. The maximum atomic E-state index is 13.4. The van der Waals surface area contributed by atoms with Gasteiger partial charge in [-0.2, -0.15) is 0 Å². The van der Waals surface area contributed by atoms with Gasteiger partial charge < -0.3 is 11.1 Å². The third-order valence-corrected chi connectivity index (χ3v) is 2.39. The Bertz CT molecular complexity index is 577. The molecule has 0 amide bonds. The number of nitrogens with two attached hydrogens (primary N) is 1. The molecule has 5 heteroatoms. The fourth-order valence-electron chi connectivity index (χ4n) is 1.66. The maximum absolute atomic E-state index is 13.4. The quantitative estimate of drug-likeness (QED) is 0.631. The largest absolute Gasteiger partial charge is 0.399 e. The van der Waals surface area contributed by atoms with E-state index in [0.29, 0.717) is 17.4 Å². The summed E-state index contributed by atoms with van der Waals surface area (Å²) in [5.41, 5.74) is 7.38. The molecule has 0 fully saturated rings. The molecule has 0 aromatic heterocycles. The fourth-order valence-corrected chi connectivity index (χ4v) is 1.66. The van der Waals surface area contributed by atoms with Gasteiger partial charge in [0.05, 0.1) is 5.69 Å². The molecule has 0 atom stereocenters. The topological polar surface area (TPSA) is 38.0 Å². The van der Waals surface area contributed by atoms with Crippen molar-refractivity contribution < 1.29 is 13.2 Å². The highest BCUT2D eigenvalue weighted by Crippen LogP contribution is 2.24. The first kappa shape index (κ1) is 12.3. The van der Waals surface area contributed by atoms with E-state index in [1.54, 1.807) is 18.2 Å². The second-order valence-electron chi connectivity index (χ2n) is 4.00. The van der Waals surface area contributed by atoms with Crippen LogP contribution in [0.2, 0.25) is 0 Å². The average Bonchev–Trinajstić information content (AvgIpc) is 2.24. The molecule has 18 heavy (non-hydrogen) atoms. The Labute approximate surface area is 102 Å². The summed E-state index contributed by atoms with van der Waals surface area (Å²) in [6, 6.07) is 6.30. The molecule has 0 saturated heterocycles. The van der Waals surface area contributed by atoms with Gasteiger partial charge in [0.15, 0.2) is 11.6 Å². The fraction of sp³-hybridized carbons (Fsp3) is 0.0769. The molecule has 94 valence electrons. The summed E-state index contributed by atoms with van der Waals surface area (Å²) in [6.45, 7) is 1.82. The molecular formula is C13H11F3N2. The first-order valence-electron chi connectivity index (χ1n) is 5.24. The van der Waals surface area contributed by atoms with Crippen LogP contribution in [0.4, 0.5) is 30.2 Å². The molecule has 3 N–H and O–H groups in total. The molecule has 0 heterocycles. The van der Waals surface area contributed by atoms with Crippen molar-refractivity contribution in [2.45, 2.75) is 6.92 Å². The van der Waals surface area contributed by atoms with Crippen molar-refractivity contribution in [1.82, 2.24) is 0 Å². The number of aryl methyl sites for hydroxylation is 1. The third kappa shape index (κ3) is 2.56. The van der Waals surface area contributed by atoms with Crippen molar-refractivity contribution in [2.24, 2.45) is 0 Å². The molecule has 2 aromatic rings. The van der Waals surface area contributed by atoms with E-state index in [-0.39, 0.29) is 5.69 Å². The molecular weight excluding hydrogens is 241 g/mol. The first-order chi connectivity index (χ1) is 8.45. The number of nitrogen functional groups attached to an aromatic ring is 1. The summed E-state index contributed by atoms with van der Waals surface area (Å²) >= 11 is 0. The second kappa shape index (κ2) is 4.60. The Morgan fingerprint density at radius 1 is 0.889 bits per heavy atom. The number of hydrogen-bond donors (Lipinski definition) is 2. The number of halogens is 3. The minimum absolute atomic E-state index is 0.140. The summed E-state index contributed by atoms with van der Waals surface area (Å²) in [6.07, 6.45) is 0. The zero-order valence-electron chi connectivity index (χ0n) is 9.60. The highest BCUT2D eigenvalue weighted by molar-refractivity contribution is 5.65. The van der Waals surface area contributed by atoms with Crippen molar-refractivity contribution in [3.8, 4) is 0 Å². The molecule has 2 nitrogen and oxygen atoms in total. The van der Waals surface area contributed by atoms with Gasteiger partial charge in [-0.1, -0.05) is 0 Å². The Kier molecular flexibility index (Phi) is 3.14. The van der Waals surface area contributed by atoms with E-state index < -0.39 is 17.5 Å². The van der Waals surface area contributed by atoms with Crippen molar-refractivity contribution in [1.29, 1.82) is 0 Å². The van der Waals surface area contributed by atoms with Crippen LogP contribution in [-0.2, 0) is 0 Å². The van der Waals surface area contributed by atoms with Gasteiger partial charge in [0.25, 0.3) is 0 Å². The van der Waals surface area contributed by atoms with Crippen LogP contribution < -0.4 is 11.1 Å². The van der Waals surface area contributed by atoms with Crippen LogP contribution in [-0.4, -0.2) is 0 Å². The lowest BCUT2D eigenvalue weighted by molar-refractivity contribution is 0.496. The molecule has 0 aliphatic rings. The molecule has 0 spiro atoms. The van der Waals surface area contributed by atoms with Crippen molar-refractivity contribution in [2.75, 3.05) is 11.1 Å². The van der Waals surface area contributed by atoms with Crippen molar-refractivity contribution in [3.05, 3.63) is 53.3 Å². The molecule has 2 aromatic carbocycles. The van der Waals surface area contributed by atoms with Gasteiger partial charge in [0.2, 0.25) is 0 Å². The SMILES string of the molecule is Cc1cc(N)cc(Nc2cc(F)c(F)cc2F)c1. The van der Waals surface area contributed by atoms with Crippen LogP contribution in [0, 0.1) is 24.4 Å². The predicted octanol–water partition coefficient (Wildman–Crippen LogP) is 3.74. The molecule has 0 radical (unpaired) electrons. The first-order valence-corrected chi connectivity index (χ1v) is 5.24. The van der Waals surface area contributed by atoms with E-state index in [1.807, 2.05) is 6.92 Å². The average molecular weight is 252 g/mol. The van der Waals surface area contributed by atoms with Crippen molar-refractivity contribution >= 4 is 17.1 Å². The number of benzene rings is 2. The Balaban J connectivity index is 2.36. The lowest BCUT2D eigenvalue weighted by Gasteiger charge is -2.10. The molecule has 0 aliphatic carbocycles. The monoisotopic (exact) mass is 252 g/mol. The molecule has 0 unspecified atom stereocenters. The van der Waals surface area contributed by atoms with E-state index in [4.69, 9.17) is 5.73 Å². The smallest absolute Gasteiger partial charge is 0.161 e. The maximum Gasteiger partial charge on any atom is 0.161 e. The van der Waals surface area contributed by atoms with E-state index >= 15 is 0 Å². The number of rotatable bonds is 2. The Hall–Kier alpha value is -2.17. The van der Waals surface area contributed by atoms with E-state index in [2.05, 4.69) is 5.32 Å². The summed E-state index contributed by atoms with van der Waals surface area (Å²) in [5.74, 6) is -3.20. The van der Waals surface area contributed by atoms with Crippen LogP contribution >= 0.6 is 0 Å². The zero-order valence-corrected chi connectivity index (χ0v) is 9.60. The van der Waals surface area contributed by atoms with E-state index in [0.717, 1.165) is 11.6 Å². The summed E-state index contributed by atoms with van der Waals surface area (Å²) in [7, 11) is 0. The molecule has 0 saturated carbocycles. The number of anilines is 3. The summed E-state index contributed by atoms with van der Waals surface area (Å²) in [4.78, 5) is 0. The Morgan fingerprint density at radius 3 is 2.22 bits per heavy atom. The molecule has 2 rings (SSSR count). The lowest BCUT2D eigenvalue weighted by atomic mass is 10.2. The lowest BCUT2D eigenvalue weighted by Crippen LogP contribution is -1.98. The van der Waals surface area contributed by atoms with Crippen LogP contribution in [0.3, 0.4) is 0 Å². The van der Waals surface area contributed by atoms with Crippen molar-refractivity contribution in [3.63, 3.8) is 0 Å². The van der Waals surface area contributed by atoms with Gasteiger partial charge in [-0.25, -0.2) is 13.2 Å². The van der Waals surface area contributed by atoms with Gasteiger partial charge in [0.1, 0.15) is 5.82 Å². The van der Waals surface area contributed by atoms with E-state index in [1.165, 1.54) is 0 Å².